The van der Waals surface area contributed by atoms with Gasteiger partial charge < -0.3 is 4.57 Å². The first-order chi connectivity index (χ1) is 14.8. The molecule has 5 aromatic rings. The minimum atomic E-state index is 0.284. The van der Waals surface area contributed by atoms with Crippen LogP contribution >= 0.6 is 0 Å². The fraction of sp³-hybridized carbons (Fsp3) is 0.103. The number of hydrogen-bond acceptors (Lipinski definition) is 0. The van der Waals surface area contributed by atoms with E-state index in [1.54, 1.807) is 0 Å². The molecule has 0 fully saturated rings. The molecule has 1 heteroatoms. The molecule has 142 valence electrons. The third kappa shape index (κ3) is 1.92. The highest BCUT2D eigenvalue weighted by Gasteiger charge is 2.36. The molecule has 0 N–H and O–H groups in total. The zero-order chi connectivity index (χ0) is 19.8. The van der Waals surface area contributed by atoms with Crippen molar-refractivity contribution >= 4 is 10.9 Å². The summed E-state index contributed by atoms with van der Waals surface area (Å²) in [6.07, 6.45) is 1.03. The van der Waals surface area contributed by atoms with Crippen molar-refractivity contribution in [3.8, 4) is 22.4 Å². The van der Waals surface area contributed by atoms with Crippen LogP contribution in [-0.4, -0.2) is 4.57 Å². The summed E-state index contributed by atoms with van der Waals surface area (Å²) >= 11 is 0. The van der Waals surface area contributed by atoms with Crippen molar-refractivity contribution in [2.24, 2.45) is 7.05 Å². The predicted octanol–water partition coefficient (Wildman–Crippen LogP) is 6.91. The van der Waals surface area contributed by atoms with E-state index >= 15 is 0 Å². The normalized spacial score (nSPS) is 15.7. The van der Waals surface area contributed by atoms with E-state index in [4.69, 9.17) is 0 Å². The van der Waals surface area contributed by atoms with Gasteiger partial charge in [-0.1, -0.05) is 84.9 Å². The lowest BCUT2D eigenvalue weighted by atomic mass is 9.84. The number of para-hydroxylation sites is 1. The average molecular weight is 383 g/mol. The van der Waals surface area contributed by atoms with E-state index in [1.807, 2.05) is 0 Å². The zero-order valence-electron chi connectivity index (χ0n) is 16.9. The number of aromatic nitrogens is 1. The van der Waals surface area contributed by atoms with Gasteiger partial charge in [0.05, 0.1) is 5.69 Å². The van der Waals surface area contributed by atoms with E-state index in [1.165, 1.54) is 61.1 Å². The van der Waals surface area contributed by atoms with Crippen molar-refractivity contribution < 1.29 is 0 Å². The zero-order valence-corrected chi connectivity index (χ0v) is 16.9. The van der Waals surface area contributed by atoms with Gasteiger partial charge in [0, 0.05) is 29.4 Å². The lowest BCUT2D eigenvalue weighted by molar-refractivity contribution is 0.967. The van der Waals surface area contributed by atoms with Gasteiger partial charge in [0.1, 0.15) is 0 Å². The molecular formula is C29H21N. The first-order valence-corrected chi connectivity index (χ1v) is 10.7. The van der Waals surface area contributed by atoms with Crippen LogP contribution in [0.25, 0.3) is 33.3 Å². The Morgan fingerprint density at radius 3 is 2.30 bits per heavy atom. The third-order valence-electron chi connectivity index (χ3n) is 7.16. The Morgan fingerprint density at radius 1 is 0.667 bits per heavy atom. The topological polar surface area (TPSA) is 4.93 Å². The number of rotatable bonds is 1. The standard InChI is InChI=1S/C29H21N/c1-30-26-16-7-6-13-24(26)28-27(21-11-4-5-12-23(21)29(28)30)22-15-8-14-20-19-10-3-2-9-18(19)17-25(20)22/h2-16,27H,17H2,1H3. The van der Waals surface area contributed by atoms with Crippen LogP contribution in [0.5, 0.6) is 0 Å². The van der Waals surface area contributed by atoms with Crippen LogP contribution in [0.15, 0.2) is 91.0 Å². The molecule has 2 aliphatic carbocycles. The molecule has 0 aliphatic heterocycles. The maximum Gasteiger partial charge on any atom is 0.0534 e. The molecule has 7 rings (SSSR count). The average Bonchev–Trinajstić information content (AvgIpc) is 3.43. The highest BCUT2D eigenvalue weighted by Crippen LogP contribution is 2.54. The molecule has 4 aromatic carbocycles. The summed E-state index contributed by atoms with van der Waals surface area (Å²) in [7, 11) is 2.21. The van der Waals surface area contributed by atoms with Gasteiger partial charge in [-0.25, -0.2) is 0 Å². The minimum Gasteiger partial charge on any atom is -0.343 e. The summed E-state index contributed by atoms with van der Waals surface area (Å²) in [6, 6.07) is 33.7. The van der Waals surface area contributed by atoms with Gasteiger partial charge in [-0.15, -0.1) is 0 Å². The first-order valence-electron chi connectivity index (χ1n) is 10.7. The number of benzene rings is 4. The predicted molar refractivity (Wildman–Crippen MR) is 124 cm³/mol. The monoisotopic (exact) mass is 383 g/mol. The molecule has 0 saturated carbocycles. The van der Waals surface area contributed by atoms with Crippen LogP contribution in [0.1, 0.15) is 33.7 Å². The summed E-state index contributed by atoms with van der Waals surface area (Å²) in [4.78, 5) is 0. The van der Waals surface area contributed by atoms with Gasteiger partial charge in [0.15, 0.2) is 0 Å². The molecule has 30 heavy (non-hydrogen) atoms. The van der Waals surface area contributed by atoms with Crippen molar-refractivity contribution in [2.75, 3.05) is 0 Å². The summed E-state index contributed by atoms with van der Waals surface area (Å²) in [5.41, 5.74) is 14.2. The lowest BCUT2D eigenvalue weighted by Crippen LogP contribution is -2.03. The van der Waals surface area contributed by atoms with Gasteiger partial charge in [-0.05, 0) is 51.4 Å². The van der Waals surface area contributed by atoms with E-state index in [2.05, 4.69) is 103 Å². The molecule has 0 amide bonds. The molecular weight excluding hydrogens is 362 g/mol. The Morgan fingerprint density at radius 2 is 1.37 bits per heavy atom. The van der Waals surface area contributed by atoms with Crippen LogP contribution in [0, 0.1) is 0 Å². The molecule has 2 aliphatic rings. The Bertz CT molecular complexity index is 1480. The molecule has 0 spiro atoms. The SMILES string of the molecule is Cn1c2c(c3ccccc31)C(c1cccc3c1Cc1ccccc1-3)c1ccccc1-2. The van der Waals surface area contributed by atoms with E-state index < -0.39 is 0 Å². The largest absolute Gasteiger partial charge is 0.343 e. The quantitative estimate of drug-likeness (QED) is 0.290. The van der Waals surface area contributed by atoms with E-state index in [0.29, 0.717) is 0 Å². The van der Waals surface area contributed by atoms with Crippen LogP contribution < -0.4 is 0 Å². The molecule has 0 radical (unpaired) electrons. The van der Waals surface area contributed by atoms with Gasteiger partial charge >= 0.3 is 0 Å². The summed E-state index contributed by atoms with van der Waals surface area (Å²) in [5, 5.41) is 1.38. The number of nitrogens with zero attached hydrogens (tertiary/aromatic N) is 1. The second kappa shape index (κ2) is 5.73. The van der Waals surface area contributed by atoms with Crippen LogP contribution in [0.4, 0.5) is 0 Å². The Labute approximate surface area is 176 Å². The third-order valence-corrected chi connectivity index (χ3v) is 7.16. The van der Waals surface area contributed by atoms with Gasteiger partial charge in [-0.2, -0.15) is 0 Å². The van der Waals surface area contributed by atoms with Crippen LogP contribution in [0.3, 0.4) is 0 Å². The van der Waals surface area contributed by atoms with Crippen molar-refractivity contribution in [3.63, 3.8) is 0 Å². The smallest absolute Gasteiger partial charge is 0.0534 e. The number of aryl methyl sites for hydroxylation is 1. The molecule has 0 saturated heterocycles. The molecule has 1 unspecified atom stereocenters. The molecule has 1 heterocycles. The van der Waals surface area contributed by atoms with E-state index in [0.717, 1.165) is 6.42 Å². The molecule has 1 aromatic heterocycles. The fourth-order valence-corrected chi connectivity index (χ4v) is 5.94. The lowest BCUT2D eigenvalue weighted by Gasteiger charge is -2.18. The van der Waals surface area contributed by atoms with Crippen molar-refractivity contribution in [3.05, 3.63) is 119 Å². The number of fused-ring (bicyclic) bond motifs is 8. The Kier molecular flexibility index (Phi) is 3.10. The molecule has 0 bridgehead atoms. The summed E-state index contributed by atoms with van der Waals surface area (Å²) in [5.74, 6) is 0.284. The van der Waals surface area contributed by atoms with E-state index in [9.17, 15) is 0 Å². The maximum absolute atomic E-state index is 2.39. The van der Waals surface area contributed by atoms with Crippen molar-refractivity contribution in [2.45, 2.75) is 12.3 Å². The van der Waals surface area contributed by atoms with Crippen molar-refractivity contribution in [1.82, 2.24) is 4.57 Å². The second-order valence-electron chi connectivity index (χ2n) is 8.57. The Balaban J connectivity index is 1.56. The second-order valence-corrected chi connectivity index (χ2v) is 8.57. The van der Waals surface area contributed by atoms with Crippen LogP contribution in [0.2, 0.25) is 0 Å². The molecule has 1 nitrogen and oxygen atoms in total. The highest BCUT2D eigenvalue weighted by atomic mass is 15.0. The number of hydrogen-bond donors (Lipinski definition) is 0. The highest BCUT2D eigenvalue weighted by molar-refractivity contribution is 5.98. The van der Waals surface area contributed by atoms with Gasteiger partial charge in [-0.3, -0.25) is 0 Å². The molecule has 1 atom stereocenters. The Hall–Kier alpha value is -3.58. The van der Waals surface area contributed by atoms with Gasteiger partial charge in [0.2, 0.25) is 0 Å². The first kappa shape index (κ1) is 16.2. The minimum absolute atomic E-state index is 0.284. The maximum atomic E-state index is 2.39. The van der Waals surface area contributed by atoms with Crippen molar-refractivity contribution in [1.29, 1.82) is 0 Å². The summed E-state index contributed by atoms with van der Waals surface area (Å²) in [6.45, 7) is 0. The fourth-order valence-electron chi connectivity index (χ4n) is 5.94. The van der Waals surface area contributed by atoms with Gasteiger partial charge in [0.25, 0.3) is 0 Å². The van der Waals surface area contributed by atoms with Crippen LogP contribution in [-0.2, 0) is 13.5 Å². The van der Waals surface area contributed by atoms with E-state index in [-0.39, 0.29) is 5.92 Å². The summed E-state index contributed by atoms with van der Waals surface area (Å²) < 4.78 is 2.39.